The lowest BCUT2D eigenvalue weighted by atomic mass is 9.85. The molecule has 0 bridgehead atoms. The van der Waals surface area contributed by atoms with Crippen molar-refractivity contribution >= 4 is 56.3 Å². The Hall–Kier alpha value is -6.13. The third-order valence-corrected chi connectivity index (χ3v) is 15.0. The van der Waals surface area contributed by atoms with E-state index in [2.05, 4.69) is 27.4 Å². The van der Waals surface area contributed by atoms with E-state index in [9.17, 15) is 34.5 Å². The van der Waals surface area contributed by atoms with Crippen LogP contribution in [0.1, 0.15) is 99.8 Å². The Kier molecular flexibility index (Phi) is 17.5. The van der Waals surface area contributed by atoms with Gasteiger partial charge in [-0.2, -0.15) is 0 Å². The standard InChI is InChI=1S/C55H65N5O8S2/c1-6-59(28-29-68-43-24-19-37(20-25-43)49(65)48-44-26-23-41(62)31-46(44)70-51(48)39-17-21-40(61)22-18-39)27-11-9-7-8-10-12-47(64)58-52(55(3,4)5)54(67)60-33-42(63)30-45(60)53(66)56-32-36-13-15-38(16-14-36)50-35(2)57-34-69-50/h13-26,31,34,42,45,52,61-63H,6-12,27-30,32-33H2,1-5H3,(H,56,66)(H,58,64). The summed E-state index contributed by atoms with van der Waals surface area (Å²) in [4.78, 5) is 64.7. The van der Waals surface area contributed by atoms with E-state index in [1.165, 1.54) is 16.2 Å². The van der Waals surface area contributed by atoms with E-state index >= 15 is 0 Å². The van der Waals surface area contributed by atoms with Crippen molar-refractivity contribution in [3.8, 4) is 38.1 Å². The van der Waals surface area contributed by atoms with Crippen LogP contribution in [0.5, 0.6) is 17.2 Å². The van der Waals surface area contributed by atoms with E-state index in [1.807, 2.05) is 69.6 Å². The molecule has 3 atom stereocenters. The van der Waals surface area contributed by atoms with E-state index in [1.54, 1.807) is 65.9 Å². The van der Waals surface area contributed by atoms with Gasteiger partial charge in [0.05, 0.1) is 22.2 Å². The number of likely N-dealkylation sites (N-methyl/N-ethyl adjacent to an activating group) is 1. The summed E-state index contributed by atoms with van der Waals surface area (Å²) >= 11 is 3.01. The van der Waals surface area contributed by atoms with Gasteiger partial charge < -0.3 is 40.5 Å². The number of unbranched alkanes of at least 4 members (excludes halogenated alkanes) is 4. The number of likely N-dealkylation sites (tertiary alicyclic amines) is 1. The lowest BCUT2D eigenvalue weighted by Gasteiger charge is -2.35. The third-order valence-electron chi connectivity index (χ3n) is 12.9. The highest BCUT2D eigenvalue weighted by molar-refractivity contribution is 7.22. The minimum Gasteiger partial charge on any atom is -0.508 e. The quantitative estimate of drug-likeness (QED) is 0.0325. The number of aliphatic hydroxyl groups is 1. The van der Waals surface area contributed by atoms with Crippen LogP contribution in [-0.4, -0.2) is 105 Å². The number of nitrogens with one attached hydrogen (secondary N) is 2. The highest BCUT2D eigenvalue weighted by Crippen LogP contribution is 2.42. The number of phenolic OH excluding ortho intramolecular Hbond substituents is 2. The maximum Gasteiger partial charge on any atom is 0.246 e. The number of thiazole rings is 1. The smallest absolute Gasteiger partial charge is 0.246 e. The van der Waals surface area contributed by atoms with E-state index < -0.39 is 23.6 Å². The first kappa shape index (κ1) is 51.7. The number of aryl methyl sites for hydroxylation is 1. The van der Waals surface area contributed by atoms with Gasteiger partial charge in [0, 0.05) is 58.6 Å². The maximum absolute atomic E-state index is 14.1. The number of thiophene rings is 1. The van der Waals surface area contributed by atoms with Crippen LogP contribution in [-0.2, 0) is 20.9 Å². The molecule has 0 saturated carbocycles. The summed E-state index contributed by atoms with van der Waals surface area (Å²) in [5.41, 5.74) is 6.02. The number of carbonyl (C=O) groups excluding carboxylic acids is 4. The van der Waals surface area contributed by atoms with Crippen molar-refractivity contribution in [2.45, 2.75) is 104 Å². The summed E-state index contributed by atoms with van der Waals surface area (Å²) in [5.74, 6) is -0.107. The second kappa shape index (κ2) is 23.7. The van der Waals surface area contributed by atoms with Crippen molar-refractivity contribution in [3.63, 3.8) is 0 Å². The molecular formula is C55H65N5O8S2. The lowest BCUT2D eigenvalue weighted by Crippen LogP contribution is -2.57. The molecular weight excluding hydrogens is 923 g/mol. The molecule has 1 fully saturated rings. The molecule has 0 radical (unpaired) electrons. The Morgan fingerprint density at radius 1 is 0.857 bits per heavy atom. The Bertz CT molecular complexity index is 2730. The molecule has 6 aromatic rings. The van der Waals surface area contributed by atoms with Crippen LogP contribution in [0, 0.1) is 12.3 Å². The first-order chi connectivity index (χ1) is 33.6. The molecule has 3 unspecified atom stereocenters. The van der Waals surface area contributed by atoms with Crippen LogP contribution in [0.3, 0.4) is 0 Å². The number of ketones is 1. The number of hydrogen-bond donors (Lipinski definition) is 5. The van der Waals surface area contributed by atoms with Crippen LogP contribution in [0.15, 0.2) is 96.5 Å². The monoisotopic (exact) mass is 987 g/mol. The highest BCUT2D eigenvalue weighted by atomic mass is 32.1. The molecule has 70 heavy (non-hydrogen) atoms. The Labute approximate surface area is 418 Å². The van der Waals surface area contributed by atoms with Crippen LogP contribution < -0.4 is 15.4 Å². The number of benzene rings is 4. The second-order valence-corrected chi connectivity index (χ2v) is 21.0. The van der Waals surface area contributed by atoms with Gasteiger partial charge in [-0.1, -0.05) is 71.2 Å². The van der Waals surface area contributed by atoms with Crippen molar-refractivity contribution in [2.24, 2.45) is 5.41 Å². The Balaban J connectivity index is 0.805. The molecule has 0 aliphatic carbocycles. The van der Waals surface area contributed by atoms with Gasteiger partial charge in [-0.05, 0) is 122 Å². The van der Waals surface area contributed by atoms with Gasteiger partial charge in [-0.15, -0.1) is 22.7 Å². The van der Waals surface area contributed by atoms with Crippen LogP contribution in [0.4, 0.5) is 0 Å². The number of fused-ring (bicyclic) bond motifs is 1. The predicted octanol–water partition coefficient (Wildman–Crippen LogP) is 9.49. The first-order valence-corrected chi connectivity index (χ1v) is 25.9. The van der Waals surface area contributed by atoms with E-state index in [-0.39, 0.29) is 54.5 Å². The normalized spacial score (nSPS) is 15.3. The molecule has 0 spiro atoms. The number of carbonyl (C=O) groups is 4. The Morgan fingerprint density at radius 3 is 2.21 bits per heavy atom. The van der Waals surface area contributed by atoms with Gasteiger partial charge in [0.25, 0.3) is 0 Å². The topological polar surface area (TPSA) is 182 Å². The van der Waals surface area contributed by atoms with Crippen LogP contribution in [0.25, 0.3) is 31.0 Å². The van der Waals surface area contributed by atoms with E-state index in [0.717, 1.165) is 87.5 Å². The molecule has 3 heterocycles. The molecule has 3 amide bonds. The number of phenols is 2. The summed E-state index contributed by atoms with van der Waals surface area (Å²) in [6.07, 6.45) is 4.16. The van der Waals surface area contributed by atoms with Crippen molar-refractivity contribution in [1.82, 2.24) is 25.4 Å². The average molecular weight is 988 g/mol. The number of amides is 3. The molecule has 7 rings (SSSR count). The van der Waals surface area contributed by atoms with Crippen molar-refractivity contribution < 1.29 is 39.2 Å². The Morgan fingerprint density at radius 2 is 1.53 bits per heavy atom. The first-order valence-electron chi connectivity index (χ1n) is 24.2. The molecule has 2 aromatic heterocycles. The molecule has 370 valence electrons. The summed E-state index contributed by atoms with van der Waals surface area (Å²) < 4.78 is 6.89. The third kappa shape index (κ3) is 13.2. The van der Waals surface area contributed by atoms with Gasteiger partial charge in [0.1, 0.15) is 35.9 Å². The maximum atomic E-state index is 14.1. The summed E-state index contributed by atoms with van der Waals surface area (Å²) in [6, 6.07) is 25.2. The fraction of sp³-hybridized carbons (Fsp3) is 0.400. The molecule has 15 heteroatoms. The van der Waals surface area contributed by atoms with Gasteiger partial charge in [0.15, 0.2) is 5.78 Å². The SMILES string of the molecule is CCN(CCCCCCCC(=O)NC(C(=O)N1CC(O)CC1C(=O)NCc1ccc(-c2scnc2C)cc1)C(C)(C)C)CCOc1ccc(C(=O)c2c(-c3ccc(O)cc3)sc3cc(O)ccc23)cc1. The van der Waals surface area contributed by atoms with Gasteiger partial charge in [-0.3, -0.25) is 19.2 Å². The van der Waals surface area contributed by atoms with Crippen LogP contribution in [0.2, 0.25) is 0 Å². The van der Waals surface area contributed by atoms with Gasteiger partial charge in [0.2, 0.25) is 17.7 Å². The van der Waals surface area contributed by atoms with E-state index in [4.69, 9.17) is 4.74 Å². The zero-order valence-electron chi connectivity index (χ0n) is 40.7. The molecule has 1 aliphatic rings. The van der Waals surface area contributed by atoms with Gasteiger partial charge >= 0.3 is 0 Å². The number of aromatic hydroxyl groups is 2. The minimum absolute atomic E-state index is 0.0247. The number of aromatic nitrogens is 1. The van der Waals surface area contributed by atoms with Gasteiger partial charge in [-0.25, -0.2) is 4.98 Å². The largest absolute Gasteiger partial charge is 0.508 e. The lowest BCUT2D eigenvalue weighted by molar-refractivity contribution is -0.144. The molecule has 13 nitrogen and oxygen atoms in total. The number of aliphatic hydroxyl groups excluding tert-OH is 1. The highest BCUT2D eigenvalue weighted by Gasteiger charge is 2.44. The summed E-state index contributed by atoms with van der Waals surface area (Å²) in [7, 11) is 0. The molecule has 4 aromatic carbocycles. The molecule has 1 saturated heterocycles. The zero-order chi connectivity index (χ0) is 50.0. The average Bonchev–Trinajstić information content (AvgIpc) is 4.07. The van der Waals surface area contributed by atoms with E-state index in [0.29, 0.717) is 36.3 Å². The van der Waals surface area contributed by atoms with Crippen LogP contribution >= 0.6 is 22.7 Å². The fourth-order valence-corrected chi connectivity index (χ4v) is 10.9. The number of ether oxygens (including phenoxy) is 1. The zero-order valence-corrected chi connectivity index (χ0v) is 42.3. The van der Waals surface area contributed by atoms with Crippen molar-refractivity contribution in [2.75, 3.05) is 32.8 Å². The number of rotatable bonds is 22. The summed E-state index contributed by atoms with van der Waals surface area (Å²) in [6.45, 7) is 13.1. The molecule has 1 aliphatic heterocycles. The predicted molar refractivity (Wildman–Crippen MR) is 277 cm³/mol. The second-order valence-electron chi connectivity index (χ2n) is 19.1. The van der Waals surface area contributed by atoms with Crippen molar-refractivity contribution in [3.05, 3.63) is 119 Å². The summed E-state index contributed by atoms with van der Waals surface area (Å²) in [5, 5.41) is 37.3. The fourth-order valence-electron chi connectivity index (χ4n) is 8.86. The van der Waals surface area contributed by atoms with Crippen molar-refractivity contribution in [1.29, 1.82) is 0 Å². The minimum atomic E-state index is -0.863. The number of β-amino-alcohol motifs (C(OH)–C–C–N with tert-alkyl or cyclic N) is 1. The molecule has 5 N–H and O–H groups in total. The number of hydrogen-bond acceptors (Lipinski definition) is 12. The number of nitrogens with zero attached hydrogens (tertiary/aromatic N) is 3.